The van der Waals surface area contributed by atoms with Crippen molar-refractivity contribution in [2.75, 3.05) is 18.0 Å². The van der Waals surface area contributed by atoms with E-state index in [0.29, 0.717) is 30.4 Å². The number of β-amino-alcohol motifs (C(OH)–C–C–N with tert-alkyl or cyclic N) is 1. The molecule has 0 bridgehead atoms. The summed E-state index contributed by atoms with van der Waals surface area (Å²) >= 11 is 0. The highest BCUT2D eigenvalue weighted by molar-refractivity contribution is 5.46. The van der Waals surface area contributed by atoms with Crippen molar-refractivity contribution in [3.8, 4) is 11.5 Å². The van der Waals surface area contributed by atoms with Crippen LogP contribution in [0.1, 0.15) is 7.43 Å². The third-order valence-corrected chi connectivity index (χ3v) is 3.48. The Kier molecular flexibility index (Phi) is 3.66. The summed E-state index contributed by atoms with van der Waals surface area (Å²) in [5.74, 6) is 1.09. The van der Waals surface area contributed by atoms with Gasteiger partial charge in [0.1, 0.15) is 12.1 Å². The van der Waals surface area contributed by atoms with E-state index < -0.39 is 0 Å². The first kappa shape index (κ1) is 14.9. The molecule has 0 aliphatic carbocycles. The van der Waals surface area contributed by atoms with E-state index in [1.54, 1.807) is 12.3 Å². The summed E-state index contributed by atoms with van der Waals surface area (Å²) in [5.41, 5.74) is 0.0517. The maximum absolute atomic E-state index is 12.4. The molecule has 0 saturated carbocycles. The van der Waals surface area contributed by atoms with Gasteiger partial charge in [-0.25, -0.2) is 14.6 Å². The van der Waals surface area contributed by atoms with Crippen molar-refractivity contribution < 1.29 is 5.11 Å². The van der Waals surface area contributed by atoms with Crippen LogP contribution in [0.2, 0.25) is 0 Å². The van der Waals surface area contributed by atoms with Crippen LogP contribution in [0.5, 0.6) is 0 Å². The second-order valence-corrected chi connectivity index (χ2v) is 4.94. The molecule has 1 aliphatic heterocycles. The van der Waals surface area contributed by atoms with Gasteiger partial charge in [0.25, 0.3) is 5.56 Å². The van der Waals surface area contributed by atoms with Crippen LogP contribution in [0.4, 0.5) is 5.82 Å². The molecule has 10 heteroatoms. The first-order chi connectivity index (χ1) is 10.7. The van der Waals surface area contributed by atoms with Crippen molar-refractivity contribution in [3.63, 3.8) is 0 Å². The minimum atomic E-state index is -0.328. The number of aromatic nitrogens is 7. The number of aliphatic hydroxyl groups is 1. The van der Waals surface area contributed by atoms with Crippen LogP contribution in [0.3, 0.4) is 0 Å². The fourth-order valence-corrected chi connectivity index (χ4v) is 2.31. The Bertz CT molecular complexity index is 847. The predicted molar refractivity (Wildman–Crippen MR) is 81.8 cm³/mol. The SMILES string of the molecule is C.O=c1c(-n2ccnn2)c[nH]n1-c1cc(N2CC(O)C2)ncn1. The van der Waals surface area contributed by atoms with Gasteiger partial charge in [-0.1, -0.05) is 12.6 Å². The molecule has 0 unspecified atom stereocenters. The van der Waals surface area contributed by atoms with Crippen LogP contribution in [0.25, 0.3) is 11.5 Å². The largest absolute Gasteiger partial charge is 0.389 e. The lowest BCUT2D eigenvalue weighted by molar-refractivity contribution is 0.141. The lowest BCUT2D eigenvalue weighted by Gasteiger charge is -2.36. The van der Waals surface area contributed by atoms with Gasteiger partial charge in [0, 0.05) is 19.2 Å². The molecule has 120 valence electrons. The molecule has 1 saturated heterocycles. The first-order valence-corrected chi connectivity index (χ1v) is 6.65. The number of hydrogen-bond donors (Lipinski definition) is 2. The minimum Gasteiger partial charge on any atom is -0.389 e. The van der Waals surface area contributed by atoms with Crippen molar-refractivity contribution in [3.05, 3.63) is 41.3 Å². The van der Waals surface area contributed by atoms with E-state index in [2.05, 4.69) is 25.4 Å². The molecular formula is C13H16N8O2. The van der Waals surface area contributed by atoms with Crippen molar-refractivity contribution >= 4 is 5.82 Å². The summed E-state index contributed by atoms with van der Waals surface area (Å²) in [7, 11) is 0. The molecule has 0 amide bonds. The zero-order chi connectivity index (χ0) is 15.1. The fraction of sp³-hybridized carbons (Fsp3) is 0.308. The van der Waals surface area contributed by atoms with Crippen LogP contribution in [0.15, 0.2) is 35.8 Å². The van der Waals surface area contributed by atoms with Gasteiger partial charge in [0.15, 0.2) is 11.5 Å². The third kappa shape index (κ3) is 2.48. The number of aliphatic hydroxyl groups excluding tert-OH is 1. The normalized spacial score (nSPS) is 14.4. The number of H-pyrrole nitrogens is 1. The van der Waals surface area contributed by atoms with Crippen molar-refractivity contribution in [1.82, 2.24) is 34.7 Å². The van der Waals surface area contributed by atoms with Crippen molar-refractivity contribution in [2.45, 2.75) is 13.5 Å². The molecule has 23 heavy (non-hydrogen) atoms. The summed E-state index contributed by atoms with van der Waals surface area (Å²) in [4.78, 5) is 22.6. The molecule has 10 nitrogen and oxygen atoms in total. The number of nitrogens with one attached hydrogen (secondary N) is 1. The Morgan fingerprint density at radius 2 is 2.04 bits per heavy atom. The molecule has 0 aromatic carbocycles. The van der Waals surface area contributed by atoms with Gasteiger partial charge >= 0.3 is 0 Å². The second-order valence-electron chi connectivity index (χ2n) is 4.94. The molecule has 0 atom stereocenters. The molecule has 4 rings (SSSR count). The average molecular weight is 316 g/mol. The summed E-state index contributed by atoms with van der Waals surface area (Å²) in [6.45, 7) is 1.06. The molecule has 1 fully saturated rings. The van der Waals surface area contributed by atoms with Gasteiger partial charge in [-0.3, -0.25) is 9.89 Å². The van der Waals surface area contributed by atoms with E-state index in [0.717, 1.165) is 0 Å². The van der Waals surface area contributed by atoms with Gasteiger partial charge in [0.05, 0.1) is 24.7 Å². The maximum Gasteiger partial charge on any atom is 0.298 e. The quantitative estimate of drug-likeness (QED) is 0.659. The molecule has 2 N–H and O–H groups in total. The molecular weight excluding hydrogens is 300 g/mol. The average Bonchev–Trinajstić information content (AvgIpc) is 3.13. The molecule has 0 radical (unpaired) electrons. The highest BCUT2D eigenvalue weighted by atomic mass is 16.3. The highest BCUT2D eigenvalue weighted by Crippen LogP contribution is 2.19. The van der Waals surface area contributed by atoms with E-state index in [9.17, 15) is 9.90 Å². The van der Waals surface area contributed by atoms with Crippen LogP contribution in [-0.4, -0.2) is 59.0 Å². The lowest BCUT2D eigenvalue weighted by atomic mass is 10.2. The molecule has 3 aromatic rings. The molecule has 1 aliphatic rings. The third-order valence-electron chi connectivity index (χ3n) is 3.48. The van der Waals surface area contributed by atoms with E-state index in [1.165, 1.54) is 28.1 Å². The topological polar surface area (TPSA) is 118 Å². The Hall–Kier alpha value is -3.01. The van der Waals surface area contributed by atoms with E-state index in [1.807, 2.05) is 4.90 Å². The monoisotopic (exact) mass is 316 g/mol. The zero-order valence-corrected chi connectivity index (χ0v) is 11.4. The maximum atomic E-state index is 12.4. The Morgan fingerprint density at radius 1 is 1.26 bits per heavy atom. The Labute approximate surface area is 131 Å². The summed E-state index contributed by atoms with van der Waals surface area (Å²) in [6.07, 6.45) is 5.67. The summed E-state index contributed by atoms with van der Waals surface area (Å²) in [6, 6.07) is 1.69. The van der Waals surface area contributed by atoms with Gasteiger partial charge < -0.3 is 10.0 Å². The van der Waals surface area contributed by atoms with E-state index in [-0.39, 0.29) is 19.1 Å². The Morgan fingerprint density at radius 3 is 2.74 bits per heavy atom. The van der Waals surface area contributed by atoms with Gasteiger partial charge in [-0.05, 0) is 0 Å². The predicted octanol–water partition coefficient (Wildman–Crippen LogP) is -0.647. The Balaban J connectivity index is 0.00000156. The number of rotatable bonds is 3. The fourth-order valence-electron chi connectivity index (χ4n) is 2.31. The summed E-state index contributed by atoms with van der Waals surface area (Å²) in [5, 5.41) is 19.7. The van der Waals surface area contributed by atoms with Crippen LogP contribution >= 0.6 is 0 Å². The zero-order valence-electron chi connectivity index (χ0n) is 11.4. The number of anilines is 1. The van der Waals surface area contributed by atoms with Crippen LogP contribution in [-0.2, 0) is 0 Å². The van der Waals surface area contributed by atoms with Crippen LogP contribution in [0, 0.1) is 0 Å². The van der Waals surface area contributed by atoms with Gasteiger partial charge in [-0.15, -0.1) is 5.10 Å². The number of nitrogens with zero attached hydrogens (tertiary/aromatic N) is 7. The minimum absolute atomic E-state index is 0. The highest BCUT2D eigenvalue weighted by Gasteiger charge is 2.26. The van der Waals surface area contributed by atoms with Crippen molar-refractivity contribution in [1.29, 1.82) is 0 Å². The van der Waals surface area contributed by atoms with E-state index in [4.69, 9.17) is 0 Å². The van der Waals surface area contributed by atoms with Gasteiger partial charge in [0.2, 0.25) is 0 Å². The second kappa shape index (κ2) is 5.65. The number of hydrogen-bond acceptors (Lipinski definition) is 7. The van der Waals surface area contributed by atoms with Gasteiger partial charge in [-0.2, -0.15) is 4.68 Å². The molecule has 0 spiro atoms. The lowest BCUT2D eigenvalue weighted by Crippen LogP contribution is -2.51. The van der Waals surface area contributed by atoms with E-state index >= 15 is 0 Å². The summed E-state index contributed by atoms with van der Waals surface area (Å²) < 4.78 is 2.68. The standard InChI is InChI=1S/C12H12N8O2.CH4/c21-8-5-18(6-8)10-3-11(14-7-13-10)20-12(22)9(4-16-20)19-2-1-15-17-19;/h1-4,7-8,16,21H,5-6H2;1H4. The van der Waals surface area contributed by atoms with Crippen molar-refractivity contribution in [2.24, 2.45) is 0 Å². The smallest absolute Gasteiger partial charge is 0.298 e. The molecule has 4 heterocycles. The number of aromatic amines is 1. The first-order valence-electron chi connectivity index (χ1n) is 6.65. The van der Waals surface area contributed by atoms with Crippen LogP contribution < -0.4 is 10.5 Å². The molecule has 3 aromatic heterocycles.